The highest BCUT2D eigenvalue weighted by Crippen LogP contribution is 2.28. The van der Waals surface area contributed by atoms with Crippen LogP contribution < -0.4 is 58.7 Å². The average molecular weight is 1470 g/mol. The van der Waals surface area contributed by atoms with Crippen molar-refractivity contribution in [2.24, 2.45) is 22.5 Å². The predicted molar refractivity (Wildman–Crippen MR) is 378 cm³/mol. The number of benzene rings is 2. The van der Waals surface area contributed by atoms with Gasteiger partial charge in [-0.05, 0) is 155 Å². The van der Waals surface area contributed by atoms with E-state index in [1.54, 1.807) is 26.2 Å². The molecule has 6 rings (SSSR count). The third-order valence-electron chi connectivity index (χ3n) is 17.2. The normalized spacial score (nSPS) is 25.6. The maximum atomic E-state index is 15.2. The smallest absolute Gasteiger partial charge is 0.305 e. The van der Waals surface area contributed by atoms with E-state index in [0.717, 1.165) is 19.1 Å². The number of carboxylic acid groups (broad SMARTS) is 2. The Hall–Kier alpha value is -8.37. The third-order valence-corrected chi connectivity index (χ3v) is 20.0. The minimum Gasteiger partial charge on any atom is -0.508 e. The van der Waals surface area contributed by atoms with Crippen LogP contribution in [0.15, 0.2) is 47.6 Å². The molecule has 4 aliphatic heterocycles. The lowest BCUT2D eigenvalue weighted by atomic mass is 10.0. The minimum absolute atomic E-state index is 0.0115. The molecule has 31 nitrogen and oxygen atoms in total. The van der Waals surface area contributed by atoms with E-state index < -0.39 is 157 Å². The minimum atomic E-state index is -1.84. The number of nitrogens with one attached hydrogen (secondary N) is 8. The van der Waals surface area contributed by atoms with Gasteiger partial charge in [-0.3, -0.25) is 62.3 Å². The van der Waals surface area contributed by atoms with Crippen LogP contribution in [-0.2, 0) is 85.1 Å². The van der Waals surface area contributed by atoms with Crippen LogP contribution in [0.25, 0.3) is 0 Å². The zero-order valence-electron chi connectivity index (χ0n) is 57.2. The van der Waals surface area contributed by atoms with Gasteiger partial charge < -0.3 is 88.7 Å². The number of fused-ring (bicyclic) bond motifs is 7. The van der Waals surface area contributed by atoms with E-state index in [0.29, 0.717) is 67.7 Å². The fourth-order valence-corrected chi connectivity index (χ4v) is 14.4. The molecule has 0 saturated carbocycles. The van der Waals surface area contributed by atoms with E-state index in [1.165, 1.54) is 69.4 Å². The molecule has 11 amide bonds. The second kappa shape index (κ2) is 42.1. The zero-order chi connectivity index (χ0) is 73.5. The SMILES string of the molecule is CSCC[C@@H]1NC(=O)[C@H](CC(=O)O)NC(=O)[C@H](CC(C)C)NC(=O)[C@@H]2CCCN2C(=O)[C@@H]2CSCc3cc(cc(c3)OCCCCCCO/N=C/C(=O)N[C@@H](CCCCN)C(=O)N2)CSC[C@@H](C(N)=O)NC(=O)[C@H](CCC(=O)O)NC(=O)[C@H](Cc2ccc(O)cc2)NC(=O)[C@@H]2CCCN2C1=O. The number of hydrogen-bond donors (Lipinski definition) is 13. The number of nitrogens with zero attached hydrogens (tertiary/aromatic N) is 3. The van der Waals surface area contributed by atoms with Gasteiger partial charge >= 0.3 is 11.9 Å². The number of phenolic OH excluding ortho intramolecular Hbond substituents is 1. The second-order valence-corrected chi connectivity index (χ2v) is 28.8. The summed E-state index contributed by atoms with van der Waals surface area (Å²) in [5.74, 6) is -11.7. The number of oxime groups is 1. The molecule has 2 fully saturated rings. The Morgan fingerprint density at radius 3 is 1.81 bits per heavy atom. The summed E-state index contributed by atoms with van der Waals surface area (Å²) in [6, 6.07) is -3.04. The first-order chi connectivity index (χ1) is 48.3. The van der Waals surface area contributed by atoms with Crippen molar-refractivity contribution in [2.45, 2.75) is 195 Å². The first kappa shape index (κ1) is 81.6. The number of aliphatic carboxylic acids is 2. The van der Waals surface area contributed by atoms with Crippen molar-refractivity contribution in [2.75, 3.05) is 56.4 Å². The third kappa shape index (κ3) is 27.2. The monoisotopic (exact) mass is 1470 g/mol. The molecular formula is C67H97N13O18S3. The molecule has 0 radical (unpaired) electrons. The summed E-state index contributed by atoms with van der Waals surface area (Å²) in [7, 11) is 0. The van der Waals surface area contributed by atoms with Crippen molar-refractivity contribution in [1.29, 1.82) is 0 Å². The summed E-state index contributed by atoms with van der Waals surface area (Å²) < 4.78 is 6.29. The maximum Gasteiger partial charge on any atom is 0.305 e. The lowest BCUT2D eigenvalue weighted by Crippen LogP contribution is -2.61. The first-order valence-corrected chi connectivity index (χ1v) is 37.8. The van der Waals surface area contributed by atoms with Crippen molar-refractivity contribution in [3.8, 4) is 11.5 Å². The van der Waals surface area contributed by atoms with Gasteiger partial charge in [-0.15, -0.1) is 0 Å². The number of thioether (sulfide) groups is 3. The topological polar surface area (TPSA) is 468 Å². The Bertz CT molecular complexity index is 3240. The summed E-state index contributed by atoms with van der Waals surface area (Å²) in [4.78, 5) is 191. The van der Waals surface area contributed by atoms with Crippen LogP contribution in [0, 0.1) is 5.92 Å². The van der Waals surface area contributed by atoms with Crippen molar-refractivity contribution in [1.82, 2.24) is 52.3 Å². The van der Waals surface area contributed by atoms with Gasteiger partial charge in [0.05, 0.1) is 13.0 Å². The Morgan fingerprint density at radius 1 is 0.624 bits per heavy atom. The van der Waals surface area contributed by atoms with E-state index in [2.05, 4.69) is 47.7 Å². The van der Waals surface area contributed by atoms with Crippen LogP contribution in [0.1, 0.15) is 133 Å². The fraction of sp³-hybridized carbons (Fsp3) is 0.612. The second-order valence-electron chi connectivity index (χ2n) is 25.7. The molecule has 15 N–H and O–H groups in total. The number of rotatable bonds is 17. The van der Waals surface area contributed by atoms with Gasteiger partial charge in [-0.1, -0.05) is 37.2 Å². The zero-order valence-corrected chi connectivity index (χ0v) is 59.7. The predicted octanol–water partition coefficient (Wildman–Crippen LogP) is 0.683. The Kier molecular flexibility index (Phi) is 34.0. The highest BCUT2D eigenvalue weighted by atomic mass is 32.2. The van der Waals surface area contributed by atoms with Crippen LogP contribution in [0.3, 0.4) is 0 Å². The molecule has 4 aliphatic rings. The summed E-state index contributed by atoms with van der Waals surface area (Å²) in [5.41, 5.74) is 13.5. The lowest BCUT2D eigenvalue weighted by molar-refractivity contribution is -0.144. The number of phenols is 1. The molecule has 4 heterocycles. The van der Waals surface area contributed by atoms with Crippen LogP contribution in [0.4, 0.5) is 0 Å². The average Bonchev–Trinajstić information content (AvgIpc) is 1.71. The molecule has 0 spiro atoms. The number of nitrogens with two attached hydrogens (primary N) is 2. The van der Waals surface area contributed by atoms with Gasteiger partial charge in [0, 0.05) is 48.9 Å². The van der Waals surface area contributed by atoms with E-state index >= 15 is 4.79 Å². The molecule has 2 aromatic carbocycles. The number of carbonyl (C=O) groups excluding carboxylic acids is 11. The summed E-state index contributed by atoms with van der Waals surface area (Å²) in [5, 5.41) is 55.1. The Balaban J connectivity index is 1.42. The maximum absolute atomic E-state index is 15.2. The number of carboxylic acids is 2. The molecule has 2 aromatic rings. The molecule has 0 aromatic heterocycles. The number of unbranched alkanes of at least 4 members (excludes halogenated alkanes) is 1. The van der Waals surface area contributed by atoms with Crippen molar-refractivity contribution in [3.63, 3.8) is 0 Å². The molecular weight excluding hydrogens is 1370 g/mol. The van der Waals surface area contributed by atoms with Gasteiger partial charge in [0.1, 0.15) is 84.7 Å². The molecule has 10 atom stereocenters. The van der Waals surface area contributed by atoms with Crippen molar-refractivity contribution in [3.05, 3.63) is 59.2 Å². The Labute approximate surface area is 599 Å². The van der Waals surface area contributed by atoms with Gasteiger partial charge in [0.2, 0.25) is 59.1 Å². The molecule has 556 valence electrons. The number of ether oxygens (including phenoxy) is 1. The summed E-state index contributed by atoms with van der Waals surface area (Å²) >= 11 is 3.77. The number of amides is 11. The number of carbonyl (C=O) groups is 13. The number of hydrogen-bond acceptors (Lipinski definition) is 21. The van der Waals surface area contributed by atoms with Crippen LogP contribution >= 0.6 is 35.3 Å². The molecule has 0 unspecified atom stereocenters. The molecule has 2 saturated heterocycles. The van der Waals surface area contributed by atoms with Crippen LogP contribution in [-0.4, -0.2) is 225 Å². The quantitative estimate of drug-likeness (QED) is 0.0969. The molecule has 4 bridgehead atoms. The summed E-state index contributed by atoms with van der Waals surface area (Å²) in [6.45, 7) is 4.36. The molecule has 34 heteroatoms. The highest BCUT2D eigenvalue weighted by molar-refractivity contribution is 7.99. The number of aromatic hydroxyl groups is 1. The lowest BCUT2D eigenvalue weighted by Gasteiger charge is -2.31. The highest BCUT2D eigenvalue weighted by Gasteiger charge is 2.43. The van der Waals surface area contributed by atoms with Crippen LogP contribution in [0.2, 0.25) is 0 Å². The first-order valence-electron chi connectivity index (χ1n) is 34.1. The molecule has 0 aliphatic carbocycles. The van der Waals surface area contributed by atoms with E-state index in [4.69, 9.17) is 21.0 Å². The van der Waals surface area contributed by atoms with E-state index in [1.807, 2.05) is 12.1 Å². The Morgan fingerprint density at radius 2 is 1.19 bits per heavy atom. The van der Waals surface area contributed by atoms with E-state index in [-0.39, 0.29) is 105 Å². The van der Waals surface area contributed by atoms with Crippen LogP contribution in [0.5, 0.6) is 11.5 Å². The van der Waals surface area contributed by atoms with Gasteiger partial charge in [0.25, 0.3) is 5.91 Å². The molecule has 101 heavy (non-hydrogen) atoms. The number of primary amides is 1. The van der Waals surface area contributed by atoms with Gasteiger partial charge in [-0.2, -0.15) is 35.3 Å². The standard InChI is InChI=1S/C67H97N13O18S3/c1-39(2)28-48-61(90)74-50(33-57(85)86)63(92)73-47(21-27-99-3)66(95)79-23-10-13-53(79)65(94)76-49(32-40-15-17-43(81)18-16-40)62(91)72-46(19-20-56(83)84)60(89)77-51(58(69)87)37-100-35-41-29-42-31-44(30-41)97-25-8-4-5-9-26-98-70-34-55(82)71-45(12-6-7-22-68)59(88)78-52(38-101-36-42)67(96)80-24-11-14-54(80)64(93)75-48/h15-18,29-31,34,39,45-54,81H,4-14,19-28,32-33,35-38,68H2,1-3H3,(H2,69,87)(H,71,82)(H,72,91)(H,73,92)(H,74,90)(H,75,93)(H,76,94)(H,77,89)(H,78,88)(H,83,84)(H,85,86)/b70-34+/t45-,46-,47-,48-,49-,50-,51-,52-,53-,54-/m0/s1. The summed E-state index contributed by atoms with van der Waals surface area (Å²) in [6.07, 6.45) is 4.78. The van der Waals surface area contributed by atoms with Crippen molar-refractivity contribution < 1.29 is 87.2 Å². The fourth-order valence-electron chi connectivity index (χ4n) is 12.0. The van der Waals surface area contributed by atoms with Crippen molar-refractivity contribution >= 4 is 118 Å². The van der Waals surface area contributed by atoms with Gasteiger partial charge in [0.15, 0.2) is 0 Å². The largest absolute Gasteiger partial charge is 0.508 e. The van der Waals surface area contributed by atoms with Gasteiger partial charge in [-0.25, -0.2) is 0 Å². The van der Waals surface area contributed by atoms with E-state index in [9.17, 15) is 72.9 Å².